The molecular weight excluding hydrogens is 202 g/mol. The van der Waals surface area contributed by atoms with Crippen LogP contribution < -0.4 is 0 Å². The molecule has 3 unspecified atom stereocenters. The Balaban J connectivity index is 2.20. The van der Waals surface area contributed by atoms with Gasteiger partial charge in [-0.1, -0.05) is 13.3 Å². The highest BCUT2D eigenvalue weighted by atomic mass is 16.3. The molecule has 1 aliphatic rings. The minimum Gasteiger partial charge on any atom is -0.472 e. The van der Waals surface area contributed by atoms with E-state index in [1.54, 1.807) is 6.07 Å². The van der Waals surface area contributed by atoms with Gasteiger partial charge in [-0.3, -0.25) is 0 Å². The lowest BCUT2D eigenvalue weighted by molar-refractivity contribution is 0.0635. The van der Waals surface area contributed by atoms with Crippen molar-refractivity contribution in [2.24, 2.45) is 11.3 Å². The van der Waals surface area contributed by atoms with Crippen LogP contribution in [0, 0.1) is 22.7 Å². The van der Waals surface area contributed by atoms with Gasteiger partial charge in [0.1, 0.15) is 6.10 Å². The van der Waals surface area contributed by atoms with E-state index in [0.717, 1.165) is 31.2 Å². The number of rotatable bonds is 3. The van der Waals surface area contributed by atoms with E-state index in [4.69, 9.17) is 4.42 Å². The second-order valence-electron chi connectivity index (χ2n) is 4.74. The quantitative estimate of drug-likeness (QED) is 0.850. The molecule has 0 saturated heterocycles. The molecule has 3 heteroatoms. The number of hydrogen-bond donors (Lipinski definition) is 1. The number of hydrogen-bond acceptors (Lipinski definition) is 3. The van der Waals surface area contributed by atoms with Gasteiger partial charge < -0.3 is 9.52 Å². The van der Waals surface area contributed by atoms with Crippen LogP contribution in [0.2, 0.25) is 0 Å². The number of furan rings is 1. The topological polar surface area (TPSA) is 57.2 Å². The summed E-state index contributed by atoms with van der Waals surface area (Å²) in [6.07, 6.45) is 6.06. The molecule has 86 valence electrons. The van der Waals surface area contributed by atoms with Crippen LogP contribution in [0.4, 0.5) is 0 Å². The second-order valence-corrected chi connectivity index (χ2v) is 4.74. The van der Waals surface area contributed by atoms with Crippen molar-refractivity contribution >= 4 is 0 Å². The first-order chi connectivity index (χ1) is 7.72. The summed E-state index contributed by atoms with van der Waals surface area (Å²) in [5.74, 6) is 0.571. The van der Waals surface area contributed by atoms with E-state index in [0.29, 0.717) is 5.92 Å². The van der Waals surface area contributed by atoms with Gasteiger partial charge in [0.2, 0.25) is 0 Å². The van der Waals surface area contributed by atoms with Crippen molar-refractivity contribution in [3.63, 3.8) is 0 Å². The molecule has 0 amide bonds. The van der Waals surface area contributed by atoms with Crippen molar-refractivity contribution in [2.75, 3.05) is 0 Å². The SMILES string of the molecule is CCC1CCC(C#N)(C(O)c2ccoc2)C1. The number of nitrogens with zero attached hydrogens (tertiary/aromatic N) is 1. The first-order valence-electron chi connectivity index (χ1n) is 5.83. The van der Waals surface area contributed by atoms with Crippen molar-refractivity contribution in [1.29, 1.82) is 5.26 Å². The van der Waals surface area contributed by atoms with Gasteiger partial charge in [-0.25, -0.2) is 0 Å². The molecule has 1 heterocycles. The van der Waals surface area contributed by atoms with Gasteiger partial charge in [0.25, 0.3) is 0 Å². The summed E-state index contributed by atoms with van der Waals surface area (Å²) < 4.78 is 4.97. The molecule has 1 saturated carbocycles. The summed E-state index contributed by atoms with van der Waals surface area (Å²) in [4.78, 5) is 0. The average Bonchev–Trinajstić information content (AvgIpc) is 2.98. The Morgan fingerprint density at radius 2 is 2.56 bits per heavy atom. The Hall–Kier alpha value is -1.27. The third-order valence-corrected chi connectivity index (χ3v) is 3.83. The van der Waals surface area contributed by atoms with Crippen LogP contribution in [-0.4, -0.2) is 5.11 Å². The first kappa shape index (κ1) is 11.2. The largest absolute Gasteiger partial charge is 0.472 e. The van der Waals surface area contributed by atoms with Crippen molar-refractivity contribution in [2.45, 2.75) is 38.7 Å². The van der Waals surface area contributed by atoms with Gasteiger partial charge in [-0.15, -0.1) is 0 Å². The van der Waals surface area contributed by atoms with Crippen LogP contribution in [0.1, 0.15) is 44.3 Å². The van der Waals surface area contributed by atoms with Gasteiger partial charge in [-0.2, -0.15) is 5.26 Å². The monoisotopic (exact) mass is 219 g/mol. The summed E-state index contributed by atoms with van der Waals surface area (Å²) in [5.41, 5.74) is 0.114. The molecule has 2 rings (SSSR count). The molecule has 3 nitrogen and oxygen atoms in total. The summed E-state index contributed by atoms with van der Waals surface area (Å²) >= 11 is 0. The minimum atomic E-state index is -0.715. The van der Waals surface area contributed by atoms with Crippen LogP contribution in [0.3, 0.4) is 0 Å². The highest BCUT2D eigenvalue weighted by Crippen LogP contribution is 2.50. The Labute approximate surface area is 95.7 Å². The lowest BCUT2D eigenvalue weighted by atomic mass is 9.78. The zero-order valence-electron chi connectivity index (χ0n) is 9.52. The van der Waals surface area contributed by atoms with Gasteiger partial charge in [0.15, 0.2) is 0 Å². The van der Waals surface area contributed by atoms with Crippen LogP contribution in [0.25, 0.3) is 0 Å². The normalized spacial score (nSPS) is 31.2. The highest BCUT2D eigenvalue weighted by Gasteiger charge is 2.45. The van der Waals surface area contributed by atoms with E-state index in [-0.39, 0.29) is 0 Å². The lowest BCUT2D eigenvalue weighted by Gasteiger charge is -2.26. The molecule has 0 bridgehead atoms. The fourth-order valence-electron chi connectivity index (χ4n) is 2.69. The van der Waals surface area contributed by atoms with Gasteiger partial charge in [0.05, 0.1) is 24.0 Å². The third kappa shape index (κ3) is 1.74. The van der Waals surface area contributed by atoms with Crippen LogP contribution in [-0.2, 0) is 0 Å². The van der Waals surface area contributed by atoms with Gasteiger partial charge in [-0.05, 0) is 31.2 Å². The second kappa shape index (κ2) is 4.31. The zero-order valence-corrected chi connectivity index (χ0v) is 9.52. The predicted molar refractivity (Wildman–Crippen MR) is 59.3 cm³/mol. The predicted octanol–water partition coefficient (Wildman–Crippen LogP) is 3.03. The highest BCUT2D eigenvalue weighted by molar-refractivity contribution is 5.20. The van der Waals surface area contributed by atoms with Crippen molar-refractivity contribution in [3.8, 4) is 6.07 Å². The number of aliphatic hydroxyl groups is 1. The van der Waals surface area contributed by atoms with E-state index >= 15 is 0 Å². The Kier molecular flexibility index (Phi) is 3.02. The molecule has 3 atom stereocenters. The van der Waals surface area contributed by atoms with Crippen LogP contribution in [0.5, 0.6) is 0 Å². The summed E-state index contributed by atoms with van der Waals surface area (Å²) in [7, 11) is 0. The minimum absolute atomic E-state index is 0.571. The van der Waals surface area contributed by atoms with Crippen LogP contribution in [0.15, 0.2) is 23.0 Å². The molecule has 1 aromatic heterocycles. The maximum absolute atomic E-state index is 10.3. The van der Waals surface area contributed by atoms with Gasteiger partial charge >= 0.3 is 0 Å². The molecule has 1 aromatic rings. The molecule has 0 aliphatic heterocycles. The summed E-state index contributed by atoms with van der Waals surface area (Å²) in [6, 6.07) is 4.08. The van der Waals surface area contributed by atoms with E-state index in [1.807, 2.05) is 0 Å². The molecule has 1 N–H and O–H groups in total. The fraction of sp³-hybridized carbons (Fsp3) is 0.615. The van der Waals surface area contributed by atoms with Crippen molar-refractivity contribution in [3.05, 3.63) is 24.2 Å². The van der Waals surface area contributed by atoms with E-state index in [1.165, 1.54) is 12.5 Å². The van der Waals surface area contributed by atoms with E-state index in [2.05, 4.69) is 13.0 Å². The molecule has 1 fully saturated rings. The third-order valence-electron chi connectivity index (χ3n) is 3.83. The van der Waals surface area contributed by atoms with Crippen molar-refractivity contribution in [1.82, 2.24) is 0 Å². The molecule has 1 aliphatic carbocycles. The standard InChI is InChI=1S/C13H17NO2/c1-2-10-3-5-13(7-10,9-14)12(15)11-4-6-16-8-11/h4,6,8,10,12,15H,2-3,5,7H2,1H3. The van der Waals surface area contributed by atoms with Crippen molar-refractivity contribution < 1.29 is 9.52 Å². The molecular formula is C13H17NO2. The molecule has 0 aromatic carbocycles. The molecule has 0 spiro atoms. The zero-order chi connectivity index (χ0) is 11.6. The Bertz CT molecular complexity index is 379. The maximum Gasteiger partial charge on any atom is 0.101 e. The van der Waals surface area contributed by atoms with E-state index in [9.17, 15) is 10.4 Å². The molecule has 0 radical (unpaired) electrons. The lowest BCUT2D eigenvalue weighted by Crippen LogP contribution is -2.24. The summed E-state index contributed by atoms with van der Waals surface area (Å²) in [5, 5.41) is 19.6. The summed E-state index contributed by atoms with van der Waals surface area (Å²) in [6.45, 7) is 2.14. The maximum atomic E-state index is 10.3. The average molecular weight is 219 g/mol. The van der Waals surface area contributed by atoms with E-state index < -0.39 is 11.5 Å². The van der Waals surface area contributed by atoms with Crippen LogP contribution >= 0.6 is 0 Å². The number of nitriles is 1. The Morgan fingerprint density at radius 1 is 1.75 bits per heavy atom. The smallest absolute Gasteiger partial charge is 0.101 e. The number of aliphatic hydroxyl groups excluding tert-OH is 1. The molecule has 16 heavy (non-hydrogen) atoms. The van der Waals surface area contributed by atoms with Gasteiger partial charge in [0, 0.05) is 5.56 Å². The first-order valence-corrected chi connectivity index (χ1v) is 5.83. The Morgan fingerprint density at radius 3 is 3.06 bits per heavy atom. The fourth-order valence-corrected chi connectivity index (χ4v) is 2.69.